The summed E-state index contributed by atoms with van der Waals surface area (Å²) in [4.78, 5) is 26.4. The second-order valence-corrected chi connectivity index (χ2v) is 7.52. The molecule has 1 fully saturated rings. The topological polar surface area (TPSA) is 78.9 Å². The van der Waals surface area contributed by atoms with Crippen LogP contribution in [0.5, 0.6) is 5.75 Å². The molecule has 28 heavy (non-hydrogen) atoms. The van der Waals surface area contributed by atoms with E-state index in [1.54, 1.807) is 6.92 Å². The Morgan fingerprint density at radius 3 is 2.29 bits per heavy atom. The fourth-order valence-corrected chi connectivity index (χ4v) is 3.42. The lowest BCUT2D eigenvalue weighted by molar-refractivity contribution is -0.132. The van der Waals surface area contributed by atoms with Crippen molar-refractivity contribution < 1.29 is 19.4 Å². The number of urea groups is 1. The van der Waals surface area contributed by atoms with Crippen LogP contribution in [0.1, 0.15) is 29.2 Å². The molecule has 3 rings (SSSR count). The van der Waals surface area contributed by atoms with Gasteiger partial charge in [-0.2, -0.15) is 0 Å². The van der Waals surface area contributed by atoms with E-state index in [4.69, 9.17) is 4.74 Å². The van der Waals surface area contributed by atoms with E-state index >= 15 is 0 Å². The average Bonchev–Trinajstić information content (AvgIpc) is 2.86. The van der Waals surface area contributed by atoms with Gasteiger partial charge in [-0.15, -0.1) is 0 Å². The number of rotatable bonds is 6. The number of benzene rings is 2. The van der Waals surface area contributed by atoms with E-state index in [9.17, 15) is 14.7 Å². The fraction of sp³-hybridized carbons (Fsp3) is 0.364. The minimum Gasteiger partial charge on any atom is -0.490 e. The third kappa shape index (κ3) is 3.73. The number of aryl methyl sites for hydroxylation is 3. The molecule has 148 valence electrons. The third-order valence-corrected chi connectivity index (χ3v) is 5.13. The number of hydrogen-bond donors (Lipinski definition) is 2. The highest BCUT2D eigenvalue weighted by molar-refractivity contribution is 6.07. The summed E-state index contributed by atoms with van der Waals surface area (Å²) in [6, 6.07) is 12.7. The maximum absolute atomic E-state index is 12.9. The zero-order chi connectivity index (χ0) is 20.5. The smallest absolute Gasteiger partial charge is 0.325 e. The van der Waals surface area contributed by atoms with Gasteiger partial charge in [-0.1, -0.05) is 48.0 Å². The van der Waals surface area contributed by atoms with Crippen molar-refractivity contribution in [3.8, 4) is 5.75 Å². The molecule has 0 aliphatic carbocycles. The van der Waals surface area contributed by atoms with Crippen LogP contribution < -0.4 is 10.1 Å². The Balaban J connectivity index is 1.68. The molecule has 6 heteroatoms. The van der Waals surface area contributed by atoms with Crippen molar-refractivity contribution >= 4 is 11.9 Å². The van der Waals surface area contributed by atoms with E-state index in [0.717, 1.165) is 21.6 Å². The zero-order valence-electron chi connectivity index (χ0n) is 16.7. The molecular weight excluding hydrogens is 356 g/mol. The second-order valence-electron chi connectivity index (χ2n) is 7.52. The molecule has 2 aromatic carbocycles. The predicted molar refractivity (Wildman–Crippen MR) is 106 cm³/mol. The molecule has 2 aromatic rings. The van der Waals surface area contributed by atoms with E-state index in [1.165, 1.54) is 0 Å². The molecule has 2 N–H and O–H groups in total. The lowest BCUT2D eigenvalue weighted by atomic mass is 9.91. The number of aliphatic hydroxyl groups is 1. The van der Waals surface area contributed by atoms with E-state index in [0.29, 0.717) is 11.3 Å². The number of para-hydroxylation sites is 1. The highest BCUT2D eigenvalue weighted by Crippen LogP contribution is 2.29. The number of imide groups is 1. The molecule has 0 bridgehead atoms. The molecule has 0 radical (unpaired) electrons. The lowest BCUT2D eigenvalue weighted by Crippen LogP contribution is -2.42. The Morgan fingerprint density at radius 1 is 1.07 bits per heavy atom. The summed E-state index contributed by atoms with van der Waals surface area (Å²) in [5.74, 6) is 0.329. The quantitative estimate of drug-likeness (QED) is 0.753. The van der Waals surface area contributed by atoms with E-state index < -0.39 is 17.7 Å². The summed E-state index contributed by atoms with van der Waals surface area (Å²) < 4.78 is 5.74. The van der Waals surface area contributed by atoms with Crippen LogP contribution in [0.4, 0.5) is 4.79 Å². The predicted octanol–water partition coefficient (Wildman–Crippen LogP) is 2.82. The number of ether oxygens (including phenoxy) is 1. The molecule has 0 unspecified atom stereocenters. The summed E-state index contributed by atoms with van der Waals surface area (Å²) in [5, 5.41) is 13.1. The Morgan fingerprint density at radius 2 is 1.68 bits per heavy atom. The molecule has 2 atom stereocenters. The second kappa shape index (κ2) is 7.64. The van der Waals surface area contributed by atoms with Gasteiger partial charge in [-0.05, 0) is 44.4 Å². The Hall–Kier alpha value is -2.86. The van der Waals surface area contributed by atoms with Gasteiger partial charge in [0.1, 0.15) is 24.0 Å². The van der Waals surface area contributed by atoms with Crippen LogP contribution in [0.15, 0.2) is 42.5 Å². The molecule has 1 heterocycles. The average molecular weight is 382 g/mol. The van der Waals surface area contributed by atoms with E-state index in [1.807, 2.05) is 63.2 Å². The van der Waals surface area contributed by atoms with Crippen molar-refractivity contribution in [1.82, 2.24) is 10.2 Å². The van der Waals surface area contributed by atoms with Crippen molar-refractivity contribution in [1.29, 1.82) is 0 Å². The first-order valence-corrected chi connectivity index (χ1v) is 9.30. The molecule has 0 saturated carbocycles. The van der Waals surface area contributed by atoms with E-state index in [-0.39, 0.29) is 19.1 Å². The minimum atomic E-state index is -1.14. The largest absolute Gasteiger partial charge is 0.490 e. The lowest BCUT2D eigenvalue weighted by Gasteiger charge is -2.23. The Kier molecular flexibility index (Phi) is 5.42. The molecule has 1 aliphatic rings. The standard InChI is InChI=1S/C22H26N2O4/c1-14-8-10-17(11-9-14)22(4)20(26)24(21(27)23-22)12-18(25)13-28-19-15(2)6-5-7-16(19)3/h5-11,18,25H,12-13H2,1-4H3,(H,23,27)/t18-,22+/m1/s1. The number of hydrogen-bond acceptors (Lipinski definition) is 4. The summed E-state index contributed by atoms with van der Waals surface area (Å²) in [6.07, 6.45) is -0.992. The molecule has 1 aliphatic heterocycles. The van der Waals surface area contributed by atoms with Gasteiger partial charge in [0.25, 0.3) is 5.91 Å². The van der Waals surface area contributed by atoms with Crippen molar-refractivity contribution in [2.45, 2.75) is 39.3 Å². The van der Waals surface area contributed by atoms with Crippen LogP contribution in [-0.4, -0.2) is 41.2 Å². The van der Waals surface area contributed by atoms with Crippen molar-refractivity contribution in [2.24, 2.45) is 0 Å². The molecule has 3 amide bonds. The van der Waals surface area contributed by atoms with Crippen LogP contribution >= 0.6 is 0 Å². The normalized spacial score (nSPS) is 20.2. The van der Waals surface area contributed by atoms with E-state index in [2.05, 4.69) is 5.32 Å². The van der Waals surface area contributed by atoms with Gasteiger partial charge in [0.2, 0.25) is 0 Å². The number of β-amino-alcohol motifs (C(OH)–C–C–N with tert-alkyl or cyclic N) is 1. The molecule has 0 aromatic heterocycles. The van der Waals surface area contributed by atoms with Crippen LogP contribution in [0.25, 0.3) is 0 Å². The number of aliphatic hydroxyl groups excluding tert-OH is 1. The molecular formula is C22H26N2O4. The Labute approximate surface area is 165 Å². The van der Waals surface area contributed by atoms with Crippen LogP contribution in [0.3, 0.4) is 0 Å². The highest BCUT2D eigenvalue weighted by Gasteiger charge is 2.49. The molecule has 0 spiro atoms. The third-order valence-electron chi connectivity index (χ3n) is 5.13. The van der Waals surface area contributed by atoms with Gasteiger partial charge in [0.05, 0.1) is 6.54 Å². The van der Waals surface area contributed by atoms with Gasteiger partial charge in [-0.3, -0.25) is 9.69 Å². The zero-order valence-corrected chi connectivity index (χ0v) is 16.7. The number of carbonyl (C=O) groups excluding carboxylic acids is 2. The first-order valence-electron chi connectivity index (χ1n) is 9.30. The molecule has 6 nitrogen and oxygen atoms in total. The SMILES string of the molecule is Cc1ccc([C@]2(C)NC(=O)N(C[C@@H](O)COc3c(C)cccc3C)C2=O)cc1. The van der Waals surface area contributed by atoms with Crippen LogP contribution in [0.2, 0.25) is 0 Å². The number of nitrogens with one attached hydrogen (secondary N) is 1. The fourth-order valence-electron chi connectivity index (χ4n) is 3.42. The number of amides is 3. The van der Waals surface area contributed by atoms with Crippen molar-refractivity contribution in [3.63, 3.8) is 0 Å². The summed E-state index contributed by atoms with van der Waals surface area (Å²) in [7, 11) is 0. The van der Waals surface area contributed by atoms with Crippen LogP contribution in [0, 0.1) is 20.8 Å². The van der Waals surface area contributed by atoms with Crippen molar-refractivity contribution in [3.05, 3.63) is 64.7 Å². The number of carbonyl (C=O) groups is 2. The maximum atomic E-state index is 12.9. The first-order chi connectivity index (χ1) is 13.2. The van der Waals surface area contributed by atoms with Gasteiger partial charge in [-0.25, -0.2) is 4.79 Å². The monoisotopic (exact) mass is 382 g/mol. The summed E-state index contributed by atoms with van der Waals surface area (Å²) in [5.41, 5.74) is 2.57. The number of nitrogens with zero attached hydrogens (tertiary/aromatic N) is 1. The summed E-state index contributed by atoms with van der Waals surface area (Å²) in [6.45, 7) is 7.36. The molecule has 1 saturated heterocycles. The minimum absolute atomic E-state index is 0.00992. The van der Waals surface area contributed by atoms with Gasteiger partial charge < -0.3 is 15.2 Å². The maximum Gasteiger partial charge on any atom is 0.325 e. The summed E-state index contributed by atoms with van der Waals surface area (Å²) >= 11 is 0. The Bertz CT molecular complexity index is 874. The first kappa shape index (κ1) is 19.9. The highest BCUT2D eigenvalue weighted by atomic mass is 16.5. The van der Waals surface area contributed by atoms with Gasteiger partial charge in [0, 0.05) is 0 Å². The van der Waals surface area contributed by atoms with Crippen LogP contribution in [-0.2, 0) is 10.3 Å². The van der Waals surface area contributed by atoms with Gasteiger partial charge in [0.15, 0.2) is 0 Å². The van der Waals surface area contributed by atoms with Gasteiger partial charge >= 0.3 is 6.03 Å². The van der Waals surface area contributed by atoms with Crippen molar-refractivity contribution in [2.75, 3.05) is 13.2 Å².